The van der Waals surface area contributed by atoms with Gasteiger partial charge in [0.05, 0.1) is 16.0 Å². The van der Waals surface area contributed by atoms with Gasteiger partial charge in [-0.3, -0.25) is 19.4 Å². The predicted octanol–water partition coefficient (Wildman–Crippen LogP) is 8.51. The molecule has 2 aliphatic carbocycles. The van der Waals surface area contributed by atoms with Gasteiger partial charge in [0.25, 0.3) is 0 Å². The van der Waals surface area contributed by atoms with Gasteiger partial charge in [-0.15, -0.1) is 0 Å². The van der Waals surface area contributed by atoms with E-state index in [9.17, 15) is 14.7 Å². The van der Waals surface area contributed by atoms with Crippen LogP contribution in [0.3, 0.4) is 0 Å². The van der Waals surface area contributed by atoms with E-state index in [1.54, 1.807) is 6.92 Å². The number of carbonyl (C=O) groups is 2. The van der Waals surface area contributed by atoms with Crippen LogP contribution in [0.1, 0.15) is 54.1 Å². The van der Waals surface area contributed by atoms with E-state index >= 15 is 0 Å². The molecule has 0 radical (unpaired) electrons. The van der Waals surface area contributed by atoms with Crippen LogP contribution in [-0.2, 0) is 22.4 Å². The summed E-state index contributed by atoms with van der Waals surface area (Å²) < 4.78 is 0. The molecule has 0 unspecified atom stereocenters. The van der Waals surface area contributed by atoms with Crippen LogP contribution < -0.4 is 0 Å². The maximum absolute atomic E-state index is 11.8. The van der Waals surface area contributed by atoms with E-state index < -0.39 is 5.97 Å². The monoisotopic (exact) mass is 650 g/mol. The summed E-state index contributed by atoms with van der Waals surface area (Å²) in [6, 6.07) is 26.4. The number of fused-ring (bicyclic) bond motifs is 2. The highest BCUT2D eigenvalue weighted by molar-refractivity contribution is 6.39. The maximum Gasteiger partial charge on any atom is 0.309 e. The van der Waals surface area contributed by atoms with E-state index in [2.05, 4.69) is 64.4 Å². The van der Waals surface area contributed by atoms with E-state index in [0.29, 0.717) is 41.0 Å². The molecule has 4 aromatic rings. The molecule has 2 heterocycles. The molecule has 2 fully saturated rings. The van der Waals surface area contributed by atoms with Gasteiger partial charge < -0.3 is 5.11 Å². The topological polar surface area (TPSA) is 60.9 Å². The number of carbonyl (C=O) groups excluding carboxylic acids is 1. The quantitative estimate of drug-likeness (QED) is 0.217. The molecule has 0 amide bonds. The molecule has 0 aromatic heterocycles. The highest BCUT2D eigenvalue weighted by Crippen LogP contribution is 2.46. The minimum atomic E-state index is -0.696. The van der Waals surface area contributed by atoms with E-state index in [0.717, 1.165) is 72.2 Å². The Labute approximate surface area is 279 Å². The Balaban J connectivity index is 1.05. The number of carboxylic acids is 1. The third-order valence-corrected chi connectivity index (χ3v) is 11.7. The van der Waals surface area contributed by atoms with Crippen LogP contribution in [0.25, 0.3) is 33.4 Å². The number of aliphatic carboxylic acids is 1. The normalized spacial score (nSPS) is 21.5. The molecule has 0 spiro atoms. The largest absolute Gasteiger partial charge is 0.481 e. The molecule has 4 aliphatic rings. The average molecular weight is 652 g/mol. The van der Waals surface area contributed by atoms with Crippen molar-refractivity contribution >= 4 is 35.0 Å². The summed E-state index contributed by atoms with van der Waals surface area (Å²) in [7, 11) is 0. The summed E-state index contributed by atoms with van der Waals surface area (Å²) in [6.45, 7) is 4.70. The number of carboxylic acid groups (broad SMARTS) is 1. The summed E-state index contributed by atoms with van der Waals surface area (Å²) in [5, 5.41) is 10.7. The Bertz CT molecular complexity index is 1760. The fourth-order valence-corrected chi connectivity index (χ4v) is 8.83. The second-order valence-corrected chi connectivity index (χ2v) is 14.3. The zero-order chi connectivity index (χ0) is 31.7. The highest BCUT2D eigenvalue weighted by Gasteiger charge is 2.40. The number of benzene rings is 4. The van der Waals surface area contributed by atoms with Crippen LogP contribution in [0.5, 0.6) is 0 Å². The Kier molecular flexibility index (Phi) is 7.57. The first-order chi connectivity index (χ1) is 22.3. The first-order valence-electron chi connectivity index (χ1n) is 16.3. The van der Waals surface area contributed by atoms with Crippen molar-refractivity contribution < 1.29 is 14.7 Å². The second-order valence-electron chi connectivity index (χ2n) is 13.5. The summed E-state index contributed by atoms with van der Waals surface area (Å²) in [5.74, 6) is -0.455. The summed E-state index contributed by atoms with van der Waals surface area (Å²) in [6.07, 6.45) is 4.12. The van der Waals surface area contributed by atoms with Gasteiger partial charge >= 0.3 is 5.97 Å². The second kappa shape index (κ2) is 11.6. The zero-order valence-corrected chi connectivity index (χ0v) is 27.3. The van der Waals surface area contributed by atoms with Gasteiger partial charge in [0.2, 0.25) is 0 Å². The van der Waals surface area contributed by atoms with Gasteiger partial charge in [-0.2, -0.15) is 0 Å². The van der Waals surface area contributed by atoms with Gasteiger partial charge in [0.1, 0.15) is 5.78 Å². The van der Waals surface area contributed by atoms with Gasteiger partial charge in [-0.05, 0) is 66.0 Å². The zero-order valence-electron chi connectivity index (χ0n) is 25.8. The van der Waals surface area contributed by atoms with Crippen LogP contribution in [0.15, 0.2) is 72.8 Å². The molecule has 0 bridgehead atoms. The molecule has 4 aromatic carbocycles. The van der Waals surface area contributed by atoms with Gasteiger partial charge in [-0.25, -0.2) is 0 Å². The lowest BCUT2D eigenvalue weighted by Gasteiger charge is -2.42. The molecular formula is C39H36Cl2N2O3. The highest BCUT2D eigenvalue weighted by atomic mass is 35.5. The van der Waals surface area contributed by atoms with Crippen molar-refractivity contribution in [3.63, 3.8) is 0 Å². The third kappa shape index (κ3) is 5.00. The predicted molar refractivity (Wildman–Crippen MR) is 183 cm³/mol. The van der Waals surface area contributed by atoms with Crippen LogP contribution >= 0.6 is 23.2 Å². The Morgan fingerprint density at radius 3 is 1.52 bits per heavy atom. The first-order valence-corrected chi connectivity index (χ1v) is 17.1. The van der Waals surface area contributed by atoms with Crippen LogP contribution in [0, 0.1) is 11.8 Å². The number of likely N-dealkylation sites (tertiary alicyclic amines) is 2. The number of nitrogens with zero attached hydrogens (tertiary/aromatic N) is 2. The Morgan fingerprint density at radius 1 is 0.652 bits per heavy atom. The van der Waals surface area contributed by atoms with Crippen molar-refractivity contribution in [2.75, 3.05) is 26.2 Å². The lowest BCUT2D eigenvalue weighted by Crippen LogP contribution is -2.51. The minimum absolute atomic E-state index is 0.190. The molecule has 1 N–H and O–H groups in total. The number of Topliss-reactive ketones (excluding diaryl/α,β-unsaturated/α-hetero) is 1. The number of ketones is 1. The van der Waals surface area contributed by atoms with Crippen molar-refractivity contribution in [3.8, 4) is 33.4 Å². The molecule has 2 atom stereocenters. The molecule has 46 heavy (non-hydrogen) atoms. The van der Waals surface area contributed by atoms with E-state index in [4.69, 9.17) is 23.2 Å². The molecule has 5 nitrogen and oxygen atoms in total. The van der Waals surface area contributed by atoms with Crippen molar-refractivity contribution in [2.45, 2.75) is 44.7 Å². The third-order valence-electron chi connectivity index (χ3n) is 10.9. The lowest BCUT2D eigenvalue weighted by molar-refractivity contribution is -0.148. The number of rotatable bonds is 7. The lowest BCUT2D eigenvalue weighted by atomic mass is 9.91. The number of hydrogen-bond acceptors (Lipinski definition) is 4. The summed E-state index contributed by atoms with van der Waals surface area (Å²) >= 11 is 14.4. The molecule has 0 saturated carbocycles. The van der Waals surface area contributed by atoms with E-state index in [-0.39, 0.29) is 11.8 Å². The van der Waals surface area contributed by atoms with Gasteiger partial charge in [0.15, 0.2) is 0 Å². The standard InChI is InChI=1S/C39H36Cl2N2O3/c1-22(44)27-18-42(19-27)35-14-10-23-16-25(8-12-29(23)35)31-4-2-6-33(37(31)40)34-7-3-5-32(38(34)41)26-9-13-30-24(17-26)11-15-36(30)43-20-28(21-43)39(45)46/h2-9,12-13,16-17,27-28,35-36H,10-11,14-15,18-21H2,1H3,(H,45,46)/t35-,36+/m1/s1. The maximum atomic E-state index is 11.8. The minimum Gasteiger partial charge on any atom is -0.481 e. The van der Waals surface area contributed by atoms with Gasteiger partial charge in [-0.1, -0.05) is 96.0 Å². The number of aryl methyl sites for hydroxylation is 2. The summed E-state index contributed by atoms with van der Waals surface area (Å²) in [4.78, 5) is 27.8. The van der Waals surface area contributed by atoms with Crippen molar-refractivity contribution in [1.82, 2.24) is 9.80 Å². The van der Waals surface area contributed by atoms with Crippen molar-refractivity contribution in [1.29, 1.82) is 0 Å². The van der Waals surface area contributed by atoms with Crippen LogP contribution in [0.4, 0.5) is 0 Å². The van der Waals surface area contributed by atoms with Gasteiger partial charge in [0, 0.05) is 66.4 Å². The molecule has 7 heteroatoms. The van der Waals surface area contributed by atoms with E-state index in [1.807, 2.05) is 18.2 Å². The molecule has 2 saturated heterocycles. The summed E-state index contributed by atoms with van der Waals surface area (Å²) in [5.41, 5.74) is 11.3. The molecule has 8 rings (SSSR count). The molecule has 234 valence electrons. The number of halogens is 2. The van der Waals surface area contributed by atoms with Crippen molar-refractivity contribution in [3.05, 3.63) is 105 Å². The molecule has 2 aliphatic heterocycles. The average Bonchev–Trinajstić information content (AvgIpc) is 3.60. The Morgan fingerprint density at radius 2 is 1.09 bits per heavy atom. The fourth-order valence-electron chi connectivity index (χ4n) is 8.16. The van der Waals surface area contributed by atoms with Crippen LogP contribution in [-0.4, -0.2) is 52.8 Å². The molecular weight excluding hydrogens is 615 g/mol. The fraction of sp³-hybridized carbons (Fsp3) is 0.333. The first kappa shape index (κ1) is 29.9. The van der Waals surface area contributed by atoms with Crippen molar-refractivity contribution in [2.24, 2.45) is 11.8 Å². The smallest absolute Gasteiger partial charge is 0.309 e. The SMILES string of the molecule is CC(=O)C1CN([C@@H]2CCc3cc(-c4cccc(-c5cccc(-c6ccc7c(c6)CC[C@@H]7N6CC(C(=O)O)C6)c5Cl)c4Cl)ccc32)C1. The number of hydrogen-bond donors (Lipinski definition) is 1. The Hall–Kier alpha value is -3.48. The van der Waals surface area contributed by atoms with E-state index in [1.165, 1.54) is 22.3 Å². The van der Waals surface area contributed by atoms with Crippen LogP contribution in [0.2, 0.25) is 10.0 Å².